The van der Waals surface area contributed by atoms with Crippen LogP contribution in [0.1, 0.15) is 0 Å². The molecular formula is C16H16N2O3. The van der Waals surface area contributed by atoms with E-state index in [0.717, 1.165) is 11.0 Å². The maximum Gasteiger partial charge on any atom is 0.168 e. The summed E-state index contributed by atoms with van der Waals surface area (Å²) in [5.74, 6) is 0.297. The summed E-state index contributed by atoms with van der Waals surface area (Å²) in [6.07, 6.45) is 0. The second-order valence-corrected chi connectivity index (χ2v) is 4.74. The number of ether oxygens (including phenoxy) is 1. The number of methoxy groups -OCH3 is 1. The van der Waals surface area contributed by atoms with Crippen LogP contribution in [0.25, 0.3) is 22.4 Å². The van der Waals surface area contributed by atoms with Crippen LogP contribution in [0, 0.1) is 0 Å². The van der Waals surface area contributed by atoms with Crippen molar-refractivity contribution < 1.29 is 14.9 Å². The van der Waals surface area contributed by atoms with Gasteiger partial charge in [-0.1, -0.05) is 18.2 Å². The average molecular weight is 284 g/mol. The smallest absolute Gasteiger partial charge is 0.168 e. The standard InChI is InChI=1S/C16H16N2O3/c1-21-10-9-18-13-7-3-2-6-12(13)17-16(18)11-5-4-8-14(19)15(11)20/h2-8,19-20H,9-10H2,1H3. The molecule has 0 fully saturated rings. The lowest BCUT2D eigenvalue weighted by Crippen LogP contribution is -2.06. The molecule has 108 valence electrons. The first-order valence-electron chi connectivity index (χ1n) is 6.68. The fourth-order valence-electron chi connectivity index (χ4n) is 2.40. The fraction of sp³-hybridized carbons (Fsp3) is 0.188. The number of fused-ring (bicyclic) bond motifs is 1. The van der Waals surface area contributed by atoms with Crippen molar-refractivity contribution in [2.75, 3.05) is 13.7 Å². The highest BCUT2D eigenvalue weighted by Gasteiger charge is 2.16. The summed E-state index contributed by atoms with van der Waals surface area (Å²) in [6, 6.07) is 12.6. The zero-order valence-corrected chi connectivity index (χ0v) is 11.7. The molecule has 0 aliphatic carbocycles. The van der Waals surface area contributed by atoms with Gasteiger partial charge in [-0.15, -0.1) is 0 Å². The first kappa shape index (κ1) is 13.5. The lowest BCUT2D eigenvalue weighted by molar-refractivity contribution is 0.188. The van der Waals surface area contributed by atoms with Crippen LogP contribution >= 0.6 is 0 Å². The molecule has 0 aliphatic heterocycles. The molecule has 5 nitrogen and oxygen atoms in total. The largest absolute Gasteiger partial charge is 0.504 e. The zero-order valence-electron chi connectivity index (χ0n) is 11.7. The highest BCUT2D eigenvalue weighted by molar-refractivity contribution is 5.82. The monoisotopic (exact) mass is 284 g/mol. The molecule has 3 rings (SSSR count). The number of benzene rings is 2. The lowest BCUT2D eigenvalue weighted by Gasteiger charge is -2.10. The number of nitrogens with zero attached hydrogens (tertiary/aromatic N) is 2. The Labute approximate surface area is 122 Å². The van der Waals surface area contributed by atoms with Gasteiger partial charge >= 0.3 is 0 Å². The number of phenolic OH excluding ortho intramolecular Hbond substituents is 2. The van der Waals surface area contributed by atoms with Gasteiger partial charge in [0.1, 0.15) is 5.82 Å². The lowest BCUT2D eigenvalue weighted by atomic mass is 10.1. The number of imidazole rings is 1. The summed E-state index contributed by atoms with van der Waals surface area (Å²) >= 11 is 0. The number of hydrogen-bond acceptors (Lipinski definition) is 4. The van der Waals surface area contributed by atoms with E-state index in [1.165, 1.54) is 6.07 Å². The summed E-state index contributed by atoms with van der Waals surface area (Å²) in [6.45, 7) is 1.15. The van der Waals surface area contributed by atoms with Gasteiger partial charge < -0.3 is 19.5 Å². The predicted molar refractivity (Wildman–Crippen MR) is 80.4 cm³/mol. The summed E-state index contributed by atoms with van der Waals surface area (Å²) in [4.78, 5) is 4.57. The molecule has 0 spiro atoms. The molecule has 1 heterocycles. The molecule has 0 radical (unpaired) electrons. The van der Waals surface area contributed by atoms with E-state index in [1.807, 2.05) is 28.8 Å². The van der Waals surface area contributed by atoms with Gasteiger partial charge in [0.2, 0.25) is 0 Å². The fourth-order valence-corrected chi connectivity index (χ4v) is 2.40. The van der Waals surface area contributed by atoms with Crippen LogP contribution in [0.3, 0.4) is 0 Å². The van der Waals surface area contributed by atoms with E-state index in [2.05, 4.69) is 4.98 Å². The Morgan fingerprint density at radius 3 is 2.71 bits per heavy atom. The molecule has 0 saturated heterocycles. The Kier molecular flexibility index (Phi) is 3.50. The molecule has 0 saturated carbocycles. The van der Waals surface area contributed by atoms with Crippen molar-refractivity contribution in [2.45, 2.75) is 6.54 Å². The average Bonchev–Trinajstić information content (AvgIpc) is 2.86. The molecule has 2 N–H and O–H groups in total. The minimum absolute atomic E-state index is 0.155. The maximum absolute atomic E-state index is 10.1. The van der Waals surface area contributed by atoms with Crippen LogP contribution in [0.2, 0.25) is 0 Å². The van der Waals surface area contributed by atoms with Crippen molar-refractivity contribution >= 4 is 11.0 Å². The van der Waals surface area contributed by atoms with Gasteiger partial charge in [-0.2, -0.15) is 0 Å². The Morgan fingerprint density at radius 2 is 1.90 bits per heavy atom. The Hall–Kier alpha value is -2.53. The molecule has 0 bridgehead atoms. The van der Waals surface area contributed by atoms with E-state index in [0.29, 0.717) is 24.5 Å². The van der Waals surface area contributed by atoms with Crippen molar-refractivity contribution in [2.24, 2.45) is 0 Å². The number of rotatable bonds is 4. The van der Waals surface area contributed by atoms with E-state index in [1.54, 1.807) is 19.2 Å². The zero-order chi connectivity index (χ0) is 14.8. The SMILES string of the molecule is COCCn1c(-c2cccc(O)c2O)nc2ccccc21. The van der Waals surface area contributed by atoms with E-state index < -0.39 is 0 Å². The van der Waals surface area contributed by atoms with Crippen LogP contribution in [-0.2, 0) is 11.3 Å². The van der Waals surface area contributed by atoms with Gasteiger partial charge in [0.25, 0.3) is 0 Å². The third-order valence-electron chi connectivity index (χ3n) is 3.43. The van der Waals surface area contributed by atoms with Gasteiger partial charge in [-0.05, 0) is 24.3 Å². The Balaban J connectivity index is 2.23. The summed E-state index contributed by atoms with van der Waals surface area (Å²) in [5.41, 5.74) is 2.31. The maximum atomic E-state index is 10.1. The van der Waals surface area contributed by atoms with Gasteiger partial charge in [-0.3, -0.25) is 0 Å². The summed E-state index contributed by atoms with van der Waals surface area (Å²) in [7, 11) is 1.64. The normalized spacial score (nSPS) is 11.1. The minimum Gasteiger partial charge on any atom is -0.504 e. The van der Waals surface area contributed by atoms with E-state index in [-0.39, 0.29) is 11.5 Å². The first-order chi connectivity index (χ1) is 10.2. The topological polar surface area (TPSA) is 67.5 Å². The summed E-state index contributed by atoms with van der Waals surface area (Å²) < 4.78 is 7.13. The van der Waals surface area contributed by atoms with Crippen molar-refractivity contribution in [3.05, 3.63) is 42.5 Å². The molecular weight excluding hydrogens is 268 g/mol. The van der Waals surface area contributed by atoms with Crippen molar-refractivity contribution in [3.63, 3.8) is 0 Å². The van der Waals surface area contributed by atoms with E-state index >= 15 is 0 Å². The van der Waals surface area contributed by atoms with Crippen LogP contribution in [0.4, 0.5) is 0 Å². The van der Waals surface area contributed by atoms with Gasteiger partial charge in [0.05, 0.1) is 23.2 Å². The predicted octanol–water partition coefficient (Wildman–Crippen LogP) is 2.76. The highest BCUT2D eigenvalue weighted by atomic mass is 16.5. The quantitative estimate of drug-likeness (QED) is 0.723. The molecule has 1 aromatic heterocycles. The number of aromatic nitrogens is 2. The molecule has 3 aromatic rings. The van der Waals surface area contributed by atoms with E-state index in [4.69, 9.17) is 4.74 Å². The number of aromatic hydroxyl groups is 2. The minimum atomic E-state index is -0.161. The van der Waals surface area contributed by atoms with Gasteiger partial charge in [-0.25, -0.2) is 4.98 Å². The number of phenols is 2. The number of para-hydroxylation sites is 3. The molecule has 5 heteroatoms. The van der Waals surface area contributed by atoms with E-state index in [9.17, 15) is 10.2 Å². The second-order valence-electron chi connectivity index (χ2n) is 4.74. The van der Waals surface area contributed by atoms with Gasteiger partial charge in [0.15, 0.2) is 11.5 Å². The Bertz CT molecular complexity index is 780. The molecule has 2 aromatic carbocycles. The van der Waals surface area contributed by atoms with Crippen LogP contribution in [0.5, 0.6) is 11.5 Å². The molecule has 0 aliphatic rings. The van der Waals surface area contributed by atoms with Gasteiger partial charge in [0, 0.05) is 13.7 Å². The van der Waals surface area contributed by atoms with Crippen LogP contribution in [0.15, 0.2) is 42.5 Å². The molecule has 0 atom stereocenters. The number of hydrogen-bond donors (Lipinski definition) is 2. The third kappa shape index (κ3) is 2.32. The van der Waals surface area contributed by atoms with Crippen LogP contribution < -0.4 is 0 Å². The third-order valence-corrected chi connectivity index (χ3v) is 3.43. The van der Waals surface area contributed by atoms with Crippen LogP contribution in [-0.4, -0.2) is 33.5 Å². The molecule has 0 amide bonds. The summed E-state index contributed by atoms with van der Waals surface area (Å²) in [5, 5.41) is 19.8. The first-order valence-corrected chi connectivity index (χ1v) is 6.68. The Morgan fingerprint density at radius 1 is 1.10 bits per heavy atom. The van der Waals surface area contributed by atoms with Crippen molar-refractivity contribution in [3.8, 4) is 22.9 Å². The van der Waals surface area contributed by atoms with Crippen molar-refractivity contribution in [1.82, 2.24) is 9.55 Å². The van der Waals surface area contributed by atoms with Crippen molar-refractivity contribution in [1.29, 1.82) is 0 Å². The second kappa shape index (κ2) is 5.46. The molecule has 0 unspecified atom stereocenters. The highest BCUT2D eigenvalue weighted by Crippen LogP contribution is 2.36. The molecule has 21 heavy (non-hydrogen) atoms.